The number of nitrogens with one attached hydrogen (secondary N) is 2. The summed E-state index contributed by atoms with van der Waals surface area (Å²) in [6.45, 7) is 0.167. The first-order valence-corrected chi connectivity index (χ1v) is 8.17. The Morgan fingerprint density at radius 2 is 1.54 bits per heavy atom. The number of benzene rings is 2. The largest absolute Gasteiger partial charge is 0.550 e. The average Bonchev–Trinajstić information content (AvgIpc) is 2.66. The molecule has 0 aliphatic carbocycles. The molecule has 0 spiro atoms. The van der Waals surface area contributed by atoms with E-state index in [2.05, 4.69) is 10.6 Å². The van der Waals surface area contributed by atoms with Gasteiger partial charge in [-0.15, -0.1) is 0 Å². The third kappa shape index (κ3) is 6.24. The van der Waals surface area contributed by atoms with Crippen molar-refractivity contribution in [1.29, 1.82) is 0 Å². The Labute approximate surface area is 151 Å². The van der Waals surface area contributed by atoms with Gasteiger partial charge in [-0.1, -0.05) is 48.5 Å². The first kappa shape index (κ1) is 18.9. The van der Waals surface area contributed by atoms with Gasteiger partial charge in [-0.05, 0) is 36.6 Å². The minimum atomic E-state index is -1.17. The minimum Gasteiger partial charge on any atom is -0.550 e. The van der Waals surface area contributed by atoms with Gasteiger partial charge in [0.15, 0.2) is 0 Å². The van der Waals surface area contributed by atoms with E-state index in [4.69, 9.17) is 0 Å². The van der Waals surface area contributed by atoms with E-state index in [1.807, 2.05) is 18.2 Å². The number of hydrogen-bond donors (Lipinski definition) is 2. The molecule has 0 unspecified atom stereocenters. The normalized spacial score (nSPS) is 10.8. The molecule has 2 N–H and O–H groups in total. The predicted octanol–water partition coefficient (Wildman–Crippen LogP) is 1.10. The molecule has 0 aliphatic rings. The summed E-state index contributed by atoms with van der Waals surface area (Å²) in [5.41, 5.74) is 1.26. The number of amides is 2. The van der Waals surface area contributed by atoms with Gasteiger partial charge in [-0.2, -0.15) is 0 Å². The van der Waals surface area contributed by atoms with Gasteiger partial charge in [-0.3, -0.25) is 9.59 Å². The van der Waals surface area contributed by atoms with Crippen LogP contribution >= 0.6 is 0 Å². The molecule has 0 atom stereocenters. The van der Waals surface area contributed by atoms with E-state index >= 15 is 0 Å². The number of rotatable bonds is 8. The molecule has 0 aromatic heterocycles. The molecule has 0 radical (unpaired) electrons. The smallest absolute Gasteiger partial charge is 0.267 e. The molecular formula is C20H19N2O4-. The number of carbonyl (C=O) groups is 3. The monoisotopic (exact) mass is 351 g/mol. The maximum atomic E-state index is 12.4. The molecule has 2 rings (SSSR count). The summed E-state index contributed by atoms with van der Waals surface area (Å²) >= 11 is 0. The van der Waals surface area contributed by atoms with E-state index < -0.39 is 17.8 Å². The summed E-state index contributed by atoms with van der Waals surface area (Å²) < 4.78 is 0. The van der Waals surface area contributed by atoms with E-state index in [1.165, 1.54) is 0 Å². The topological polar surface area (TPSA) is 98.3 Å². The zero-order valence-corrected chi connectivity index (χ0v) is 14.1. The number of carbonyl (C=O) groups excluding carboxylic acids is 3. The molecule has 0 heterocycles. The van der Waals surface area contributed by atoms with E-state index in [0.717, 1.165) is 5.56 Å². The van der Waals surface area contributed by atoms with Crippen LogP contribution in [0.2, 0.25) is 0 Å². The van der Waals surface area contributed by atoms with E-state index in [1.54, 1.807) is 48.5 Å². The highest BCUT2D eigenvalue weighted by atomic mass is 16.4. The highest BCUT2D eigenvalue weighted by Crippen LogP contribution is 2.07. The molecular weight excluding hydrogens is 332 g/mol. The van der Waals surface area contributed by atoms with Gasteiger partial charge in [0, 0.05) is 18.1 Å². The van der Waals surface area contributed by atoms with Crippen molar-refractivity contribution in [1.82, 2.24) is 10.6 Å². The van der Waals surface area contributed by atoms with Crippen LogP contribution in [0.3, 0.4) is 0 Å². The summed E-state index contributed by atoms with van der Waals surface area (Å²) in [7, 11) is 0. The Kier molecular flexibility index (Phi) is 7.12. The van der Waals surface area contributed by atoms with Crippen molar-refractivity contribution in [2.24, 2.45) is 0 Å². The number of carboxylic acid groups (broad SMARTS) is 1. The third-order valence-electron chi connectivity index (χ3n) is 3.48. The van der Waals surface area contributed by atoms with Crippen molar-refractivity contribution in [2.75, 3.05) is 6.54 Å². The van der Waals surface area contributed by atoms with Crippen LogP contribution in [0.4, 0.5) is 0 Å². The van der Waals surface area contributed by atoms with E-state index in [0.29, 0.717) is 5.56 Å². The summed E-state index contributed by atoms with van der Waals surface area (Å²) in [6, 6.07) is 17.6. The van der Waals surface area contributed by atoms with Gasteiger partial charge >= 0.3 is 0 Å². The number of carboxylic acids is 1. The van der Waals surface area contributed by atoms with Crippen molar-refractivity contribution in [3.8, 4) is 0 Å². The first-order chi connectivity index (χ1) is 12.6. The summed E-state index contributed by atoms with van der Waals surface area (Å²) in [6.07, 6.45) is 1.67. The molecule has 0 fully saturated rings. The maximum Gasteiger partial charge on any atom is 0.267 e. The molecule has 6 nitrogen and oxygen atoms in total. The summed E-state index contributed by atoms with van der Waals surface area (Å²) in [5, 5.41) is 15.6. The van der Waals surface area contributed by atoms with Crippen molar-refractivity contribution in [3.05, 3.63) is 77.5 Å². The van der Waals surface area contributed by atoms with Crippen molar-refractivity contribution >= 4 is 23.9 Å². The van der Waals surface area contributed by atoms with Gasteiger partial charge in [0.1, 0.15) is 5.70 Å². The molecule has 0 aliphatic heterocycles. The van der Waals surface area contributed by atoms with Gasteiger partial charge in [0.2, 0.25) is 0 Å². The highest BCUT2D eigenvalue weighted by Gasteiger charge is 2.14. The first-order valence-electron chi connectivity index (χ1n) is 8.17. The molecule has 26 heavy (non-hydrogen) atoms. The molecule has 0 bridgehead atoms. The zero-order valence-electron chi connectivity index (χ0n) is 14.1. The molecule has 0 saturated carbocycles. The highest BCUT2D eigenvalue weighted by molar-refractivity contribution is 6.05. The molecule has 134 valence electrons. The van der Waals surface area contributed by atoms with Crippen LogP contribution in [0.25, 0.3) is 6.08 Å². The van der Waals surface area contributed by atoms with Crippen LogP contribution in [0.5, 0.6) is 0 Å². The lowest BCUT2D eigenvalue weighted by Gasteiger charge is -2.11. The number of aliphatic carboxylic acids is 1. The molecule has 0 saturated heterocycles. The van der Waals surface area contributed by atoms with Gasteiger partial charge in [-0.25, -0.2) is 0 Å². The molecule has 2 amide bonds. The maximum absolute atomic E-state index is 12.4. The fraction of sp³-hybridized carbons (Fsp3) is 0.150. The van der Waals surface area contributed by atoms with Gasteiger partial charge in [0.05, 0.1) is 0 Å². The molecule has 2 aromatic rings. The van der Waals surface area contributed by atoms with Crippen LogP contribution < -0.4 is 15.7 Å². The predicted molar refractivity (Wildman–Crippen MR) is 95.6 cm³/mol. The summed E-state index contributed by atoms with van der Waals surface area (Å²) in [5.74, 6) is -2.06. The third-order valence-corrected chi connectivity index (χ3v) is 3.48. The summed E-state index contributed by atoms with van der Waals surface area (Å²) in [4.78, 5) is 35.2. The molecule has 6 heteroatoms. The van der Waals surface area contributed by atoms with Crippen LogP contribution in [0.1, 0.15) is 28.8 Å². The fourth-order valence-corrected chi connectivity index (χ4v) is 2.19. The van der Waals surface area contributed by atoms with Crippen molar-refractivity contribution in [2.45, 2.75) is 12.8 Å². The van der Waals surface area contributed by atoms with Crippen LogP contribution in [-0.4, -0.2) is 24.3 Å². The lowest BCUT2D eigenvalue weighted by Crippen LogP contribution is -2.35. The number of hydrogen-bond acceptors (Lipinski definition) is 4. The SMILES string of the molecule is O=C([O-])CCCNC(=O)/C(=C/c1ccccc1)NC(=O)c1ccccc1. The standard InChI is InChI=1S/C20H20N2O4/c23-18(24)12-7-13-21-20(26)17(14-15-8-3-1-4-9-15)22-19(25)16-10-5-2-6-11-16/h1-6,8-11,14H,7,12-13H2,(H,21,26)(H,22,25)(H,23,24)/p-1/b17-14-. The Morgan fingerprint density at radius 1 is 0.923 bits per heavy atom. The second-order valence-corrected chi connectivity index (χ2v) is 5.52. The van der Waals surface area contributed by atoms with Crippen LogP contribution in [-0.2, 0) is 9.59 Å². The van der Waals surface area contributed by atoms with Crippen LogP contribution in [0.15, 0.2) is 66.4 Å². The quantitative estimate of drug-likeness (QED) is 0.550. The second kappa shape index (κ2) is 9.78. The Hall–Kier alpha value is -3.41. The van der Waals surface area contributed by atoms with Crippen molar-refractivity contribution < 1.29 is 19.5 Å². The van der Waals surface area contributed by atoms with Gasteiger partial charge in [0.25, 0.3) is 11.8 Å². The Morgan fingerprint density at radius 3 is 2.15 bits per heavy atom. The lowest BCUT2D eigenvalue weighted by atomic mass is 10.1. The molecule has 2 aromatic carbocycles. The fourth-order valence-electron chi connectivity index (χ4n) is 2.19. The zero-order chi connectivity index (χ0) is 18.8. The Balaban J connectivity index is 2.11. The van der Waals surface area contributed by atoms with Crippen LogP contribution in [0, 0.1) is 0 Å². The van der Waals surface area contributed by atoms with Gasteiger partial charge < -0.3 is 20.5 Å². The Bertz CT molecular complexity index is 786. The minimum absolute atomic E-state index is 0.0819. The van der Waals surface area contributed by atoms with E-state index in [9.17, 15) is 19.5 Å². The van der Waals surface area contributed by atoms with Crippen molar-refractivity contribution in [3.63, 3.8) is 0 Å². The van der Waals surface area contributed by atoms with E-state index in [-0.39, 0.29) is 25.1 Å². The second-order valence-electron chi connectivity index (χ2n) is 5.52. The average molecular weight is 351 g/mol. The lowest BCUT2D eigenvalue weighted by molar-refractivity contribution is -0.305.